The lowest BCUT2D eigenvalue weighted by atomic mass is 10.2. The van der Waals surface area contributed by atoms with E-state index < -0.39 is 11.7 Å². The fraction of sp³-hybridized carbons (Fsp3) is 0.600. The molecule has 1 heterocycles. The normalized spacial score (nSPS) is 17.9. The van der Waals surface area contributed by atoms with Crippen molar-refractivity contribution in [2.24, 2.45) is 0 Å². The molecule has 0 N–H and O–H groups in total. The van der Waals surface area contributed by atoms with Gasteiger partial charge in [-0.05, 0) is 38.0 Å². The van der Waals surface area contributed by atoms with E-state index in [2.05, 4.69) is 4.90 Å². The molecule has 0 saturated carbocycles. The van der Waals surface area contributed by atoms with Gasteiger partial charge >= 0.3 is 6.18 Å². The molecule has 1 aliphatic heterocycles. The highest BCUT2D eigenvalue weighted by Crippen LogP contribution is 2.31. The Morgan fingerprint density at radius 3 is 2.57 bits per heavy atom. The molecule has 0 spiro atoms. The molecule has 0 bridgehead atoms. The second-order valence-corrected chi connectivity index (χ2v) is 5.00. The summed E-state index contributed by atoms with van der Waals surface area (Å²) in [4.78, 5) is 2.11. The van der Waals surface area contributed by atoms with Crippen LogP contribution in [0.3, 0.4) is 0 Å². The Balaban J connectivity index is 2.08. The molecule has 2 rings (SSSR count). The maximum Gasteiger partial charge on any atom is 0.416 e. The van der Waals surface area contributed by atoms with Crippen LogP contribution in [0.25, 0.3) is 0 Å². The minimum absolute atomic E-state index is 0.224. The number of alkyl halides is 3. The van der Waals surface area contributed by atoms with Gasteiger partial charge in [-0.1, -0.05) is 6.07 Å². The van der Waals surface area contributed by atoms with E-state index in [1.165, 1.54) is 6.07 Å². The van der Waals surface area contributed by atoms with E-state index in [0.717, 1.165) is 38.1 Å². The van der Waals surface area contributed by atoms with Crippen LogP contribution >= 0.6 is 0 Å². The van der Waals surface area contributed by atoms with E-state index in [4.69, 9.17) is 9.47 Å². The summed E-state index contributed by atoms with van der Waals surface area (Å²) in [5.41, 5.74) is -0.698. The van der Waals surface area contributed by atoms with Gasteiger partial charge in [0, 0.05) is 19.7 Å². The SMILES string of the molecule is CCOC[C@@H](Oc1cccc(C(F)(F)F)c1)N1CCCC1. The predicted octanol–water partition coefficient (Wildman–Crippen LogP) is 3.54. The van der Waals surface area contributed by atoms with E-state index in [-0.39, 0.29) is 12.0 Å². The lowest BCUT2D eigenvalue weighted by Gasteiger charge is -2.28. The molecule has 21 heavy (non-hydrogen) atoms. The molecule has 0 unspecified atom stereocenters. The molecule has 1 aliphatic rings. The first-order valence-electron chi connectivity index (χ1n) is 7.16. The molecule has 0 amide bonds. The first-order chi connectivity index (χ1) is 10.0. The van der Waals surface area contributed by atoms with E-state index in [1.807, 2.05) is 6.92 Å². The maximum atomic E-state index is 12.7. The Kier molecular flexibility index (Phi) is 5.47. The topological polar surface area (TPSA) is 21.7 Å². The van der Waals surface area contributed by atoms with Gasteiger partial charge < -0.3 is 9.47 Å². The summed E-state index contributed by atoms with van der Waals surface area (Å²) < 4.78 is 49.3. The van der Waals surface area contributed by atoms with Crippen molar-refractivity contribution in [3.8, 4) is 5.75 Å². The largest absolute Gasteiger partial charge is 0.473 e. The van der Waals surface area contributed by atoms with Gasteiger partial charge in [0.2, 0.25) is 0 Å². The van der Waals surface area contributed by atoms with Gasteiger partial charge in [-0.2, -0.15) is 13.2 Å². The summed E-state index contributed by atoms with van der Waals surface area (Å²) in [7, 11) is 0. The molecule has 1 saturated heterocycles. The molecule has 1 atom stereocenters. The molecule has 1 aromatic carbocycles. The van der Waals surface area contributed by atoms with E-state index in [1.54, 1.807) is 6.07 Å². The molecule has 0 aliphatic carbocycles. The summed E-state index contributed by atoms with van der Waals surface area (Å²) in [6, 6.07) is 4.99. The van der Waals surface area contributed by atoms with E-state index in [0.29, 0.717) is 13.2 Å². The third-order valence-corrected chi connectivity index (χ3v) is 3.45. The number of benzene rings is 1. The summed E-state index contributed by atoms with van der Waals surface area (Å²) in [5.74, 6) is 0.224. The first kappa shape index (κ1) is 16.1. The summed E-state index contributed by atoms with van der Waals surface area (Å²) in [5, 5.41) is 0. The molecule has 3 nitrogen and oxygen atoms in total. The van der Waals surface area contributed by atoms with Crippen LogP contribution in [0.1, 0.15) is 25.3 Å². The van der Waals surface area contributed by atoms with Crippen molar-refractivity contribution in [1.82, 2.24) is 4.90 Å². The smallest absolute Gasteiger partial charge is 0.416 e. The van der Waals surface area contributed by atoms with Gasteiger partial charge in [-0.3, -0.25) is 4.90 Å². The van der Waals surface area contributed by atoms with Gasteiger partial charge in [-0.15, -0.1) is 0 Å². The minimum Gasteiger partial charge on any atom is -0.473 e. The van der Waals surface area contributed by atoms with Crippen LogP contribution in [0.15, 0.2) is 24.3 Å². The number of rotatable bonds is 6. The van der Waals surface area contributed by atoms with Crippen molar-refractivity contribution in [3.05, 3.63) is 29.8 Å². The van der Waals surface area contributed by atoms with Crippen LogP contribution in [-0.2, 0) is 10.9 Å². The number of nitrogens with zero attached hydrogens (tertiary/aromatic N) is 1. The van der Waals surface area contributed by atoms with Crippen molar-refractivity contribution < 1.29 is 22.6 Å². The highest BCUT2D eigenvalue weighted by molar-refractivity contribution is 5.30. The van der Waals surface area contributed by atoms with Crippen LogP contribution in [0.4, 0.5) is 13.2 Å². The van der Waals surface area contributed by atoms with Gasteiger partial charge in [0.05, 0.1) is 12.2 Å². The zero-order valence-electron chi connectivity index (χ0n) is 12.0. The monoisotopic (exact) mass is 303 g/mol. The molecular formula is C15H20F3NO2. The van der Waals surface area contributed by atoms with Crippen LogP contribution in [0.5, 0.6) is 5.75 Å². The Bertz CT molecular complexity index is 445. The lowest BCUT2D eigenvalue weighted by Crippen LogP contribution is -2.41. The number of hydrogen-bond acceptors (Lipinski definition) is 3. The quantitative estimate of drug-likeness (QED) is 0.802. The average molecular weight is 303 g/mol. The molecule has 1 fully saturated rings. The van der Waals surface area contributed by atoms with Crippen molar-refractivity contribution >= 4 is 0 Å². The van der Waals surface area contributed by atoms with Crippen molar-refractivity contribution in [2.45, 2.75) is 32.2 Å². The minimum atomic E-state index is -4.36. The molecule has 0 aromatic heterocycles. The molecule has 1 aromatic rings. The van der Waals surface area contributed by atoms with E-state index in [9.17, 15) is 13.2 Å². The number of hydrogen-bond donors (Lipinski definition) is 0. The van der Waals surface area contributed by atoms with Gasteiger partial charge in [0.25, 0.3) is 0 Å². The molecular weight excluding hydrogens is 283 g/mol. The summed E-state index contributed by atoms with van der Waals surface area (Å²) in [6.45, 7) is 4.56. The summed E-state index contributed by atoms with van der Waals surface area (Å²) in [6.07, 6.45) is -2.54. The first-order valence-corrected chi connectivity index (χ1v) is 7.16. The van der Waals surface area contributed by atoms with Crippen LogP contribution in [-0.4, -0.2) is 37.4 Å². The van der Waals surface area contributed by atoms with Crippen LogP contribution in [0.2, 0.25) is 0 Å². The highest BCUT2D eigenvalue weighted by Gasteiger charge is 2.31. The zero-order valence-corrected chi connectivity index (χ0v) is 12.0. The molecule has 0 radical (unpaired) electrons. The standard InChI is InChI=1S/C15H20F3NO2/c1-2-20-11-14(19-8-3-4-9-19)21-13-7-5-6-12(10-13)15(16,17)18/h5-7,10,14H,2-4,8-9,11H2,1H3/t14-/m1/s1. The number of halogens is 3. The Labute approximate surface area is 122 Å². The van der Waals surface area contributed by atoms with E-state index >= 15 is 0 Å². The van der Waals surface area contributed by atoms with Gasteiger partial charge in [-0.25, -0.2) is 0 Å². The molecule has 6 heteroatoms. The number of ether oxygens (including phenoxy) is 2. The fourth-order valence-corrected chi connectivity index (χ4v) is 2.37. The highest BCUT2D eigenvalue weighted by atomic mass is 19.4. The Morgan fingerprint density at radius 1 is 1.24 bits per heavy atom. The lowest BCUT2D eigenvalue weighted by molar-refractivity contribution is -0.137. The van der Waals surface area contributed by atoms with Crippen molar-refractivity contribution in [3.63, 3.8) is 0 Å². The summed E-state index contributed by atoms with van der Waals surface area (Å²) >= 11 is 0. The van der Waals surface area contributed by atoms with Gasteiger partial charge in [0.1, 0.15) is 5.75 Å². The van der Waals surface area contributed by atoms with Crippen molar-refractivity contribution in [2.75, 3.05) is 26.3 Å². The molecule has 118 valence electrons. The maximum absolute atomic E-state index is 12.7. The van der Waals surface area contributed by atoms with Crippen LogP contribution < -0.4 is 4.74 Å². The third kappa shape index (κ3) is 4.61. The predicted molar refractivity (Wildman–Crippen MR) is 73.2 cm³/mol. The third-order valence-electron chi connectivity index (χ3n) is 3.45. The van der Waals surface area contributed by atoms with Crippen LogP contribution in [0, 0.1) is 0 Å². The second-order valence-electron chi connectivity index (χ2n) is 5.00. The zero-order chi connectivity index (χ0) is 15.3. The Morgan fingerprint density at radius 2 is 1.95 bits per heavy atom. The van der Waals surface area contributed by atoms with Crippen molar-refractivity contribution in [1.29, 1.82) is 0 Å². The van der Waals surface area contributed by atoms with Gasteiger partial charge in [0.15, 0.2) is 6.23 Å². The fourth-order valence-electron chi connectivity index (χ4n) is 2.37. The number of likely N-dealkylation sites (tertiary alicyclic amines) is 1. The Hall–Kier alpha value is -1.27. The average Bonchev–Trinajstić information content (AvgIpc) is 2.97. The second kappa shape index (κ2) is 7.13.